The maximum Gasteiger partial charge on any atom is 0.416 e. The van der Waals surface area contributed by atoms with Gasteiger partial charge in [0.2, 0.25) is 0 Å². The summed E-state index contributed by atoms with van der Waals surface area (Å²) in [6, 6.07) is 4.29. The van der Waals surface area contributed by atoms with Crippen LogP contribution in [0, 0.1) is 0 Å². The topological polar surface area (TPSA) is 44.1 Å². The van der Waals surface area contributed by atoms with Gasteiger partial charge in [-0.05, 0) is 25.1 Å². The van der Waals surface area contributed by atoms with Crippen LogP contribution in [0.1, 0.15) is 23.0 Å². The molecule has 21 heavy (non-hydrogen) atoms. The highest BCUT2D eigenvalue weighted by molar-refractivity contribution is 6.31. The van der Waals surface area contributed by atoms with E-state index in [1.807, 2.05) is 0 Å². The van der Waals surface area contributed by atoms with Gasteiger partial charge in [0.05, 0.1) is 5.56 Å². The lowest BCUT2D eigenvalue weighted by atomic mass is 10.2. The highest BCUT2D eigenvalue weighted by atomic mass is 35.5. The fourth-order valence-electron chi connectivity index (χ4n) is 1.73. The molecule has 0 N–H and O–H groups in total. The second kappa shape index (κ2) is 5.77. The molecule has 2 rings (SSSR count). The van der Waals surface area contributed by atoms with Crippen LogP contribution in [-0.4, -0.2) is 16.1 Å². The van der Waals surface area contributed by atoms with Gasteiger partial charge in [-0.15, -0.1) is 0 Å². The molecule has 0 unspecified atom stereocenters. The van der Waals surface area contributed by atoms with Crippen molar-refractivity contribution in [1.29, 1.82) is 0 Å². The number of hydrogen-bond acceptors (Lipinski definition) is 3. The number of carbonyl (C=O) groups excluding carboxylic acids is 1. The van der Waals surface area contributed by atoms with Crippen LogP contribution in [0.15, 0.2) is 24.3 Å². The summed E-state index contributed by atoms with van der Waals surface area (Å²) in [7, 11) is 0. The first-order valence-electron chi connectivity index (χ1n) is 5.93. The fraction of sp³-hybridized carbons (Fsp3) is 0.231. The van der Waals surface area contributed by atoms with E-state index in [9.17, 15) is 18.0 Å². The average Bonchev–Trinajstić information content (AvgIpc) is 2.74. The van der Waals surface area contributed by atoms with Gasteiger partial charge in [-0.2, -0.15) is 18.3 Å². The zero-order valence-electron chi connectivity index (χ0n) is 10.8. The number of nitrogens with zero attached hydrogens (tertiary/aromatic N) is 2. The van der Waals surface area contributed by atoms with Gasteiger partial charge < -0.3 is 4.74 Å². The molecule has 1 heterocycles. The normalized spacial score (nSPS) is 11.5. The van der Waals surface area contributed by atoms with Crippen LogP contribution in [0.3, 0.4) is 0 Å². The third-order valence-corrected chi connectivity index (χ3v) is 2.95. The first kappa shape index (κ1) is 15.4. The molecule has 0 aliphatic rings. The zero-order chi connectivity index (χ0) is 15.6. The molecule has 0 aliphatic carbocycles. The SMILES string of the molecule is CCn1nc(Cl)c(Oc2cccc(C(F)(F)F)c2)c1C=O. The van der Waals surface area contributed by atoms with Gasteiger partial charge in [0.25, 0.3) is 0 Å². The average molecular weight is 319 g/mol. The van der Waals surface area contributed by atoms with Crippen molar-refractivity contribution in [2.75, 3.05) is 0 Å². The molecule has 1 aromatic heterocycles. The van der Waals surface area contributed by atoms with Crippen LogP contribution in [0.4, 0.5) is 13.2 Å². The molecular weight excluding hydrogens is 309 g/mol. The summed E-state index contributed by atoms with van der Waals surface area (Å²) >= 11 is 5.85. The van der Waals surface area contributed by atoms with Gasteiger partial charge in [0.15, 0.2) is 17.2 Å². The van der Waals surface area contributed by atoms with Crippen molar-refractivity contribution in [2.24, 2.45) is 0 Å². The number of aldehydes is 1. The van der Waals surface area contributed by atoms with Gasteiger partial charge in [-0.25, -0.2) is 0 Å². The summed E-state index contributed by atoms with van der Waals surface area (Å²) in [6.07, 6.45) is -3.99. The second-order valence-corrected chi connectivity index (χ2v) is 4.42. The minimum atomic E-state index is -4.48. The summed E-state index contributed by atoms with van der Waals surface area (Å²) in [5.41, 5.74) is -0.786. The van der Waals surface area contributed by atoms with Crippen LogP contribution >= 0.6 is 11.6 Å². The van der Waals surface area contributed by atoms with Crippen molar-refractivity contribution < 1.29 is 22.7 Å². The summed E-state index contributed by atoms with van der Waals surface area (Å²) < 4.78 is 44.5. The molecule has 112 valence electrons. The van der Waals surface area contributed by atoms with Gasteiger partial charge in [0.1, 0.15) is 11.4 Å². The van der Waals surface area contributed by atoms with Crippen molar-refractivity contribution in [3.8, 4) is 11.5 Å². The highest BCUT2D eigenvalue weighted by Gasteiger charge is 2.31. The van der Waals surface area contributed by atoms with Crippen molar-refractivity contribution in [3.63, 3.8) is 0 Å². The Kier molecular flexibility index (Phi) is 4.22. The van der Waals surface area contributed by atoms with Gasteiger partial charge in [-0.1, -0.05) is 17.7 Å². The van der Waals surface area contributed by atoms with Crippen LogP contribution < -0.4 is 4.74 Å². The smallest absolute Gasteiger partial charge is 0.416 e. The Morgan fingerprint density at radius 1 is 1.43 bits per heavy atom. The molecule has 0 spiro atoms. The summed E-state index contributed by atoms with van der Waals surface area (Å²) in [4.78, 5) is 11.1. The van der Waals surface area contributed by atoms with Crippen molar-refractivity contribution in [3.05, 3.63) is 40.7 Å². The highest BCUT2D eigenvalue weighted by Crippen LogP contribution is 2.35. The molecule has 0 saturated heterocycles. The molecule has 0 atom stereocenters. The van der Waals surface area contributed by atoms with E-state index in [1.165, 1.54) is 16.8 Å². The number of aromatic nitrogens is 2. The molecule has 1 aromatic carbocycles. The first-order chi connectivity index (χ1) is 9.86. The van der Waals surface area contributed by atoms with E-state index >= 15 is 0 Å². The van der Waals surface area contributed by atoms with E-state index in [0.29, 0.717) is 12.8 Å². The Morgan fingerprint density at radius 3 is 2.71 bits per heavy atom. The fourth-order valence-corrected chi connectivity index (χ4v) is 1.96. The number of benzene rings is 1. The van der Waals surface area contributed by atoms with E-state index in [0.717, 1.165) is 12.1 Å². The van der Waals surface area contributed by atoms with E-state index in [-0.39, 0.29) is 22.3 Å². The maximum atomic E-state index is 12.6. The number of rotatable bonds is 4. The predicted octanol–water partition coefficient (Wildman–Crippen LogP) is 4.18. The quantitative estimate of drug-likeness (QED) is 0.794. The van der Waals surface area contributed by atoms with Crippen LogP contribution in [0.2, 0.25) is 5.15 Å². The van der Waals surface area contributed by atoms with Crippen molar-refractivity contribution in [1.82, 2.24) is 9.78 Å². The monoisotopic (exact) mass is 318 g/mol. The lowest BCUT2D eigenvalue weighted by Crippen LogP contribution is -2.05. The third-order valence-electron chi connectivity index (χ3n) is 2.70. The Bertz CT molecular complexity index is 668. The lowest BCUT2D eigenvalue weighted by Gasteiger charge is -2.09. The molecule has 0 saturated carbocycles. The Morgan fingerprint density at radius 2 is 2.14 bits per heavy atom. The predicted molar refractivity (Wildman–Crippen MR) is 69.8 cm³/mol. The van der Waals surface area contributed by atoms with E-state index in [2.05, 4.69) is 5.10 Å². The van der Waals surface area contributed by atoms with Crippen molar-refractivity contribution in [2.45, 2.75) is 19.6 Å². The van der Waals surface area contributed by atoms with Crippen molar-refractivity contribution >= 4 is 17.9 Å². The van der Waals surface area contributed by atoms with Crippen LogP contribution in [0.25, 0.3) is 0 Å². The zero-order valence-corrected chi connectivity index (χ0v) is 11.6. The molecular formula is C13H10ClF3N2O2. The van der Waals surface area contributed by atoms with Crippen LogP contribution in [0.5, 0.6) is 11.5 Å². The van der Waals surface area contributed by atoms with E-state index in [4.69, 9.17) is 16.3 Å². The van der Waals surface area contributed by atoms with E-state index < -0.39 is 11.7 Å². The second-order valence-electron chi connectivity index (χ2n) is 4.07. The largest absolute Gasteiger partial charge is 0.452 e. The number of alkyl halides is 3. The number of hydrogen-bond donors (Lipinski definition) is 0. The third kappa shape index (κ3) is 3.18. The molecule has 0 amide bonds. The number of aryl methyl sites for hydroxylation is 1. The molecule has 0 aliphatic heterocycles. The molecule has 0 fully saturated rings. The van der Waals surface area contributed by atoms with Crippen LogP contribution in [-0.2, 0) is 12.7 Å². The molecule has 2 aromatic rings. The lowest BCUT2D eigenvalue weighted by molar-refractivity contribution is -0.137. The molecule has 0 radical (unpaired) electrons. The van der Waals surface area contributed by atoms with Gasteiger partial charge >= 0.3 is 6.18 Å². The Labute approximate surface area is 123 Å². The minimum absolute atomic E-state index is 0.0622. The first-order valence-corrected chi connectivity index (χ1v) is 6.31. The Balaban J connectivity index is 2.39. The number of halogens is 4. The summed E-state index contributed by atoms with van der Waals surface area (Å²) in [5, 5.41) is 3.78. The molecule has 8 heteroatoms. The number of ether oxygens (including phenoxy) is 1. The standard InChI is InChI=1S/C13H10ClF3N2O2/c1-2-19-10(7-20)11(12(14)18-19)21-9-5-3-4-8(6-9)13(15,16)17/h3-7H,2H2,1H3. The summed E-state index contributed by atoms with van der Waals surface area (Å²) in [6.45, 7) is 2.12. The summed E-state index contributed by atoms with van der Waals surface area (Å²) in [5.74, 6) is -0.140. The molecule has 4 nitrogen and oxygen atoms in total. The Hall–Kier alpha value is -2.02. The number of carbonyl (C=O) groups is 1. The van der Waals surface area contributed by atoms with E-state index in [1.54, 1.807) is 6.92 Å². The van der Waals surface area contributed by atoms with Gasteiger partial charge in [0, 0.05) is 6.54 Å². The minimum Gasteiger partial charge on any atom is -0.452 e. The maximum absolute atomic E-state index is 12.6. The van der Waals surface area contributed by atoms with Gasteiger partial charge in [-0.3, -0.25) is 9.48 Å². The molecule has 0 bridgehead atoms.